The highest BCUT2D eigenvalue weighted by atomic mass is 35.5. The Hall–Kier alpha value is -2.00. The van der Waals surface area contributed by atoms with Crippen molar-refractivity contribution >= 4 is 41.2 Å². The van der Waals surface area contributed by atoms with Crippen LogP contribution < -0.4 is 4.72 Å². The van der Waals surface area contributed by atoms with E-state index < -0.39 is 5.60 Å². The summed E-state index contributed by atoms with van der Waals surface area (Å²) in [6, 6.07) is 11.5. The van der Waals surface area contributed by atoms with E-state index in [9.17, 15) is 14.3 Å². The number of carbonyl (C=O) groups is 1. The molecule has 2 aromatic carbocycles. The molecule has 39 heavy (non-hydrogen) atoms. The first kappa shape index (κ1) is 31.5. The molecular weight excluding hydrogens is 561 g/mol. The fourth-order valence-electron chi connectivity index (χ4n) is 4.06. The molecule has 2 N–H and O–H groups in total. The van der Waals surface area contributed by atoms with Gasteiger partial charge in [0.25, 0.3) is 5.91 Å². The Kier molecular flexibility index (Phi) is 12.7. The van der Waals surface area contributed by atoms with Crippen LogP contribution in [0.1, 0.15) is 44.6 Å². The van der Waals surface area contributed by atoms with Crippen LogP contribution in [0.25, 0.3) is 0 Å². The Morgan fingerprint density at radius 3 is 2.67 bits per heavy atom. The number of rotatable bonds is 10. The van der Waals surface area contributed by atoms with E-state index in [-0.39, 0.29) is 28.1 Å². The van der Waals surface area contributed by atoms with Crippen molar-refractivity contribution in [2.45, 2.75) is 60.5 Å². The Balaban J connectivity index is 0.000000218. The maximum absolute atomic E-state index is 12.7. The van der Waals surface area contributed by atoms with Gasteiger partial charge < -0.3 is 14.6 Å². The largest absolute Gasteiger partial charge is 0.505 e. The maximum Gasteiger partial charge on any atom is 0.262 e. The quantitative estimate of drug-likeness (QED) is 0.195. The second kappa shape index (κ2) is 15.7. The van der Waals surface area contributed by atoms with Gasteiger partial charge in [-0.05, 0) is 99.7 Å². The Labute approximate surface area is 243 Å². The molecule has 0 bridgehead atoms. The summed E-state index contributed by atoms with van der Waals surface area (Å²) < 4.78 is 26.2. The van der Waals surface area contributed by atoms with E-state index in [0.717, 1.165) is 48.5 Å². The van der Waals surface area contributed by atoms with Gasteiger partial charge in [0.05, 0.1) is 16.7 Å². The van der Waals surface area contributed by atoms with Gasteiger partial charge in [-0.2, -0.15) is 5.26 Å². The first-order valence-corrected chi connectivity index (χ1v) is 15.1. The highest BCUT2D eigenvalue weighted by Gasteiger charge is 2.36. The van der Waals surface area contributed by atoms with E-state index in [1.165, 1.54) is 43.7 Å². The minimum atomic E-state index is -0.815. The molecule has 0 spiro atoms. The first-order chi connectivity index (χ1) is 18.7. The number of nitriles is 1. The van der Waals surface area contributed by atoms with E-state index in [1.807, 2.05) is 18.2 Å². The van der Waals surface area contributed by atoms with Gasteiger partial charge in [-0.15, -0.1) is 11.8 Å². The first-order valence-electron chi connectivity index (χ1n) is 12.9. The standard InChI is InChI=1S/C14H15ClN2O3S.C14H20FNOS/c1-14(4-2-3-5-20-14)13(19)17-21-10-6-9(8-16)12(18)11(15)7-10;1-17-13-10-16(11-13)8-2-3-9-18-14-6-4-12(15)5-7-14/h6-7,18H,2-5H2,1H3,(H,17,19);4-7,13H,2-3,8-11H2,1H3. The van der Waals surface area contributed by atoms with Crippen molar-refractivity contribution in [1.82, 2.24) is 9.62 Å². The number of hydrogen-bond acceptors (Lipinski definition) is 8. The monoisotopic (exact) mass is 595 g/mol. The Bertz CT molecular complexity index is 1120. The highest BCUT2D eigenvalue weighted by molar-refractivity contribution is 7.99. The third kappa shape index (κ3) is 9.85. The van der Waals surface area contributed by atoms with Crippen LogP contribution in [0.15, 0.2) is 46.2 Å². The minimum absolute atomic E-state index is 0.0689. The lowest BCUT2D eigenvalue weighted by Crippen LogP contribution is -2.51. The van der Waals surface area contributed by atoms with Crippen molar-refractivity contribution in [2.24, 2.45) is 0 Å². The number of nitrogens with one attached hydrogen (secondary N) is 1. The summed E-state index contributed by atoms with van der Waals surface area (Å²) in [4.78, 5) is 16.3. The lowest BCUT2D eigenvalue weighted by Gasteiger charge is -2.38. The smallest absolute Gasteiger partial charge is 0.262 e. The number of likely N-dealkylation sites (tertiary alicyclic amines) is 1. The summed E-state index contributed by atoms with van der Waals surface area (Å²) in [6.07, 6.45) is 5.49. The number of phenolic OH excluding ortho intramolecular Hbond substituents is 1. The normalized spacial score (nSPS) is 19.4. The number of nitrogens with zero attached hydrogens (tertiary/aromatic N) is 2. The van der Waals surface area contributed by atoms with Crippen molar-refractivity contribution in [3.05, 3.63) is 52.8 Å². The van der Waals surface area contributed by atoms with Crippen LogP contribution >= 0.6 is 35.3 Å². The molecule has 0 radical (unpaired) electrons. The van der Waals surface area contributed by atoms with Gasteiger partial charge in [-0.1, -0.05) is 11.6 Å². The van der Waals surface area contributed by atoms with Crippen LogP contribution in [0.5, 0.6) is 5.75 Å². The molecular formula is C28H35ClFN3O4S2. The van der Waals surface area contributed by atoms with Crippen LogP contribution in [0.2, 0.25) is 5.02 Å². The van der Waals surface area contributed by atoms with E-state index in [2.05, 4.69) is 9.62 Å². The number of benzene rings is 2. The summed E-state index contributed by atoms with van der Waals surface area (Å²) in [6.45, 7) is 5.69. The van der Waals surface area contributed by atoms with Gasteiger partial charge in [-0.3, -0.25) is 14.4 Å². The van der Waals surface area contributed by atoms with Crippen LogP contribution in [0.3, 0.4) is 0 Å². The molecule has 212 valence electrons. The number of unbranched alkanes of at least 4 members (excludes halogenated alkanes) is 1. The number of hydrogen-bond donors (Lipinski definition) is 2. The van der Waals surface area contributed by atoms with E-state index in [1.54, 1.807) is 25.8 Å². The topological polar surface area (TPSA) is 94.8 Å². The minimum Gasteiger partial charge on any atom is -0.505 e. The molecule has 2 heterocycles. The van der Waals surface area contributed by atoms with E-state index in [0.29, 0.717) is 24.0 Å². The summed E-state index contributed by atoms with van der Waals surface area (Å²) in [7, 11) is 1.78. The number of phenols is 1. The second-order valence-corrected chi connectivity index (χ2v) is 12.1. The van der Waals surface area contributed by atoms with Gasteiger partial charge in [0.1, 0.15) is 17.5 Å². The predicted octanol–water partition coefficient (Wildman–Crippen LogP) is 6.03. The molecule has 7 nitrogen and oxygen atoms in total. The summed E-state index contributed by atoms with van der Waals surface area (Å²) in [5.74, 6) is 0.477. The van der Waals surface area contributed by atoms with E-state index >= 15 is 0 Å². The van der Waals surface area contributed by atoms with Crippen LogP contribution in [0.4, 0.5) is 4.39 Å². The SMILES string of the molecule is CC1(C(=O)NSc2cc(Cl)c(O)c(C#N)c2)CCCCO1.COC1CN(CCCCSc2ccc(F)cc2)C1. The molecule has 0 aromatic heterocycles. The number of aromatic hydroxyl groups is 1. The van der Waals surface area contributed by atoms with Gasteiger partial charge in [-0.25, -0.2) is 4.39 Å². The van der Waals surface area contributed by atoms with Gasteiger partial charge >= 0.3 is 0 Å². The molecule has 2 aliphatic heterocycles. The molecule has 2 saturated heterocycles. The fourth-order valence-corrected chi connectivity index (χ4v) is 6.03. The van der Waals surface area contributed by atoms with Crippen LogP contribution in [-0.2, 0) is 14.3 Å². The number of methoxy groups -OCH3 is 1. The van der Waals surface area contributed by atoms with Crippen LogP contribution in [-0.4, -0.2) is 66.7 Å². The molecule has 1 unspecified atom stereocenters. The average molecular weight is 596 g/mol. The fraction of sp³-hybridized carbons (Fsp3) is 0.500. The van der Waals surface area contributed by atoms with Gasteiger partial charge in [0.15, 0.2) is 5.75 Å². The molecule has 0 saturated carbocycles. The van der Waals surface area contributed by atoms with Gasteiger partial charge in [0, 0.05) is 36.6 Å². The molecule has 1 atom stereocenters. The van der Waals surface area contributed by atoms with Crippen molar-refractivity contribution in [3.8, 4) is 11.8 Å². The molecule has 2 aromatic rings. The predicted molar refractivity (Wildman–Crippen MR) is 154 cm³/mol. The number of ether oxygens (including phenoxy) is 2. The summed E-state index contributed by atoms with van der Waals surface area (Å²) >= 11 is 8.69. The lowest BCUT2D eigenvalue weighted by atomic mass is 9.95. The maximum atomic E-state index is 12.7. The molecule has 2 fully saturated rings. The molecule has 2 aliphatic rings. The zero-order valence-corrected chi connectivity index (χ0v) is 24.6. The Morgan fingerprint density at radius 2 is 2.03 bits per heavy atom. The molecule has 11 heteroatoms. The second-order valence-electron chi connectivity index (χ2n) is 9.61. The number of amides is 1. The molecule has 4 rings (SSSR count). The third-order valence-corrected chi connectivity index (χ3v) is 8.72. The highest BCUT2D eigenvalue weighted by Crippen LogP contribution is 2.32. The number of carbonyl (C=O) groups excluding carboxylic acids is 1. The van der Waals surface area contributed by atoms with Crippen LogP contribution in [0, 0.1) is 17.1 Å². The zero-order chi connectivity index (χ0) is 28.3. The molecule has 1 amide bonds. The number of thioether (sulfide) groups is 1. The number of halogens is 2. The summed E-state index contributed by atoms with van der Waals surface area (Å²) in [5.41, 5.74) is -0.747. The Morgan fingerprint density at radius 1 is 1.28 bits per heavy atom. The van der Waals surface area contributed by atoms with Crippen molar-refractivity contribution in [3.63, 3.8) is 0 Å². The summed E-state index contributed by atoms with van der Waals surface area (Å²) in [5, 5.41) is 18.6. The third-order valence-electron chi connectivity index (χ3n) is 6.58. The molecule has 0 aliphatic carbocycles. The zero-order valence-electron chi connectivity index (χ0n) is 22.3. The van der Waals surface area contributed by atoms with Gasteiger partial charge in [0.2, 0.25) is 0 Å². The van der Waals surface area contributed by atoms with E-state index in [4.69, 9.17) is 26.3 Å². The van der Waals surface area contributed by atoms with Crippen molar-refractivity contribution in [2.75, 3.05) is 39.1 Å². The average Bonchev–Trinajstić information content (AvgIpc) is 2.91. The lowest BCUT2D eigenvalue weighted by molar-refractivity contribution is -0.148. The van der Waals surface area contributed by atoms with Crippen molar-refractivity contribution in [1.29, 1.82) is 5.26 Å². The van der Waals surface area contributed by atoms with Crippen molar-refractivity contribution < 1.29 is 23.8 Å².